The average molecular weight is 385 g/mol. The first kappa shape index (κ1) is 23.7. The maximum absolute atomic E-state index is 14.2. The maximum atomic E-state index is 14.2. The quantitative estimate of drug-likeness (QED) is 0.287. The number of hydrogen-bond acceptors (Lipinski definition) is 2. The molecule has 0 aliphatic rings. The van der Waals surface area contributed by atoms with Crippen molar-refractivity contribution in [3.05, 3.63) is 23.8 Å². The Morgan fingerprint density at radius 1 is 0.741 bits per heavy atom. The highest BCUT2D eigenvalue weighted by Gasteiger charge is 2.22. The molecule has 0 saturated heterocycles. The predicted molar refractivity (Wildman–Crippen MR) is 109 cm³/mol. The molecule has 0 amide bonds. The van der Waals surface area contributed by atoms with E-state index < -0.39 is 17.2 Å². The van der Waals surface area contributed by atoms with E-state index >= 15 is 0 Å². The van der Waals surface area contributed by atoms with Gasteiger partial charge >= 0.3 is 0 Å². The maximum Gasteiger partial charge on any atom is 0.204 e. The monoisotopic (exact) mass is 384 g/mol. The lowest BCUT2D eigenvalue weighted by atomic mass is 10.1. The summed E-state index contributed by atoms with van der Waals surface area (Å²) >= 11 is 0. The molecule has 156 valence electrons. The summed E-state index contributed by atoms with van der Waals surface area (Å²) in [5, 5.41) is 0. The third kappa shape index (κ3) is 9.44. The van der Waals surface area contributed by atoms with Crippen LogP contribution in [-0.4, -0.2) is 12.2 Å². The summed E-state index contributed by atoms with van der Waals surface area (Å²) in [6, 6.07) is 2.90. The van der Waals surface area contributed by atoms with Crippen LogP contribution in [0.25, 0.3) is 0 Å². The highest BCUT2D eigenvalue weighted by atomic mass is 19.2. The van der Waals surface area contributed by atoms with Crippen LogP contribution in [0, 0.1) is 11.6 Å². The first-order chi connectivity index (χ1) is 12.9. The molecule has 0 radical (unpaired) electrons. The van der Waals surface area contributed by atoms with Crippen molar-refractivity contribution in [3.8, 4) is 11.5 Å². The Morgan fingerprint density at radius 3 is 1.78 bits per heavy atom. The van der Waals surface area contributed by atoms with Gasteiger partial charge in [0.1, 0.15) is 5.60 Å². The zero-order chi connectivity index (χ0) is 20.1. The third-order valence-electron chi connectivity index (χ3n) is 5.00. The third-order valence-corrected chi connectivity index (χ3v) is 5.00. The Labute approximate surface area is 164 Å². The number of halogens is 2. The molecule has 0 heterocycles. The van der Waals surface area contributed by atoms with E-state index in [2.05, 4.69) is 6.92 Å². The number of rotatable bonds is 15. The molecule has 0 N–H and O–H groups in total. The van der Waals surface area contributed by atoms with Gasteiger partial charge in [0.15, 0.2) is 11.5 Å². The molecule has 0 fully saturated rings. The summed E-state index contributed by atoms with van der Waals surface area (Å²) in [6.07, 6.45) is 13.0. The zero-order valence-corrected chi connectivity index (χ0v) is 17.7. The van der Waals surface area contributed by atoms with E-state index in [9.17, 15) is 8.78 Å². The van der Waals surface area contributed by atoms with Gasteiger partial charge in [-0.2, -0.15) is 8.78 Å². The van der Waals surface area contributed by atoms with Crippen molar-refractivity contribution in [2.75, 3.05) is 6.61 Å². The molecule has 1 aromatic carbocycles. The van der Waals surface area contributed by atoms with Crippen molar-refractivity contribution < 1.29 is 18.3 Å². The van der Waals surface area contributed by atoms with Gasteiger partial charge in [-0.05, 0) is 38.8 Å². The summed E-state index contributed by atoms with van der Waals surface area (Å²) in [7, 11) is 0. The van der Waals surface area contributed by atoms with Crippen LogP contribution in [0.4, 0.5) is 8.78 Å². The van der Waals surface area contributed by atoms with E-state index in [-0.39, 0.29) is 11.5 Å². The number of benzene rings is 1. The van der Waals surface area contributed by atoms with Gasteiger partial charge in [0.25, 0.3) is 0 Å². The van der Waals surface area contributed by atoms with Crippen LogP contribution in [0.5, 0.6) is 11.5 Å². The van der Waals surface area contributed by atoms with Crippen molar-refractivity contribution in [2.45, 2.75) is 104 Å². The first-order valence-electron chi connectivity index (χ1n) is 10.7. The minimum absolute atomic E-state index is 0.0370. The smallest absolute Gasteiger partial charge is 0.204 e. The fourth-order valence-corrected chi connectivity index (χ4v) is 2.85. The van der Waals surface area contributed by atoms with Gasteiger partial charge < -0.3 is 9.47 Å². The topological polar surface area (TPSA) is 18.5 Å². The first-order valence-corrected chi connectivity index (χ1v) is 10.7. The Hall–Kier alpha value is -1.32. The summed E-state index contributed by atoms with van der Waals surface area (Å²) in [5.74, 6) is -2.04. The van der Waals surface area contributed by atoms with Crippen LogP contribution in [0.2, 0.25) is 0 Å². The van der Waals surface area contributed by atoms with Gasteiger partial charge in [-0.15, -0.1) is 0 Å². The van der Waals surface area contributed by atoms with Gasteiger partial charge in [-0.25, -0.2) is 0 Å². The van der Waals surface area contributed by atoms with Crippen LogP contribution < -0.4 is 9.47 Å². The highest BCUT2D eigenvalue weighted by molar-refractivity contribution is 5.35. The van der Waals surface area contributed by atoms with Crippen molar-refractivity contribution >= 4 is 0 Å². The summed E-state index contributed by atoms with van der Waals surface area (Å²) in [4.78, 5) is 0. The molecule has 0 aromatic heterocycles. The molecule has 0 saturated carbocycles. The molecule has 0 aliphatic heterocycles. The largest absolute Gasteiger partial charge is 0.490 e. The average Bonchev–Trinajstić information content (AvgIpc) is 2.65. The number of hydrogen-bond donors (Lipinski definition) is 0. The van der Waals surface area contributed by atoms with Gasteiger partial charge in [0.05, 0.1) is 6.61 Å². The Kier molecular flexibility index (Phi) is 11.4. The van der Waals surface area contributed by atoms with Crippen LogP contribution in [-0.2, 0) is 0 Å². The van der Waals surface area contributed by atoms with E-state index in [1.54, 1.807) is 0 Å². The molecule has 0 spiro atoms. The van der Waals surface area contributed by atoms with Gasteiger partial charge in [-0.3, -0.25) is 0 Å². The second-order valence-corrected chi connectivity index (χ2v) is 7.94. The van der Waals surface area contributed by atoms with Gasteiger partial charge in [-0.1, -0.05) is 71.6 Å². The predicted octanol–water partition coefficient (Wildman–Crippen LogP) is 7.83. The summed E-state index contributed by atoms with van der Waals surface area (Å²) in [5.41, 5.74) is -0.536. The van der Waals surface area contributed by atoms with E-state index in [1.807, 2.05) is 20.8 Å². The molecule has 27 heavy (non-hydrogen) atoms. The summed E-state index contributed by atoms with van der Waals surface area (Å²) in [6.45, 7) is 8.28. The fourth-order valence-electron chi connectivity index (χ4n) is 2.85. The van der Waals surface area contributed by atoms with E-state index in [4.69, 9.17) is 9.47 Å². The standard InChI is InChI=1S/C23H38F2O2/c1-5-7-8-9-10-11-12-13-14-15-18-26-19-16-17-20(22(25)21(19)24)27-23(3,4)6-2/h16-17H,5-15,18H2,1-4H3. The van der Waals surface area contributed by atoms with Crippen LogP contribution >= 0.6 is 0 Å². The SMILES string of the molecule is CCCCCCCCCCCCOc1ccc(OC(C)(C)CC)c(F)c1F. The molecule has 4 heteroatoms. The number of unbranched alkanes of at least 4 members (excludes halogenated alkanes) is 9. The normalized spacial score (nSPS) is 11.6. The Balaban J connectivity index is 2.25. The van der Waals surface area contributed by atoms with E-state index in [0.29, 0.717) is 13.0 Å². The minimum Gasteiger partial charge on any atom is -0.490 e. The van der Waals surface area contributed by atoms with Gasteiger partial charge in [0, 0.05) is 0 Å². The van der Waals surface area contributed by atoms with Crippen LogP contribution in [0.1, 0.15) is 98.3 Å². The van der Waals surface area contributed by atoms with E-state index in [0.717, 1.165) is 12.8 Å². The lowest BCUT2D eigenvalue weighted by Crippen LogP contribution is -2.27. The van der Waals surface area contributed by atoms with Crippen molar-refractivity contribution in [3.63, 3.8) is 0 Å². The van der Waals surface area contributed by atoms with Crippen molar-refractivity contribution in [2.24, 2.45) is 0 Å². The zero-order valence-electron chi connectivity index (χ0n) is 17.7. The van der Waals surface area contributed by atoms with E-state index in [1.165, 1.54) is 63.5 Å². The van der Waals surface area contributed by atoms with Crippen LogP contribution in [0.15, 0.2) is 12.1 Å². The van der Waals surface area contributed by atoms with Gasteiger partial charge in [0.2, 0.25) is 11.6 Å². The summed E-state index contributed by atoms with van der Waals surface area (Å²) < 4.78 is 39.3. The minimum atomic E-state index is -0.975. The molecule has 0 atom stereocenters. The lowest BCUT2D eigenvalue weighted by Gasteiger charge is -2.25. The molecular weight excluding hydrogens is 346 g/mol. The molecule has 1 rings (SSSR count). The molecule has 2 nitrogen and oxygen atoms in total. The Bertz CT molecular complexity index is 529. The van der Waals surface area contributed by atoms with Crippen LogP contribution in [0.3, 0.4) is 0 Å². The molecule has 0 bridgehead atoms. The number of ether oxygens (including phenoxy) is 2. The fraction of sp³-hybridized carbons (Fsp3) is 0.739. The molecule has 1 aromatic rings. The molecular formula is C23H38F2O2. The second-order valence-electron chi connectivity index (χ2n) is 7.94. The molecule has 0 unspecified atom stereocenters. The second kappa shape index (κ2) is 13.0. The van der Waals surface area contributed by atoms with Crippen molar-refractivity contribution in [1.29, 1.82) is 0 Å². The molecule has 0 aliphatic carbocycles. The lowest BCUT2D eigenvalue weighted by molar-refractivity contribution is 0.0978. The Morgan fingerprint density at radius 2 is 1.22 bits per heavy atom. The van der Waals surface area contributed by atoms with Crippen molar-refractivity contribution in [1.82, 2.24) is 0 Å². The highest BCUT2D eigenvalue weighted by Crippen LogP contribution is 2.30.